The number of nitrogens with zero attached hydrogens (tertiary/aromatic N) is 1. The number of amides is 1. The molecule has 24 heavy (non-hydrogen) atoms. The molecule has 0 spiro atoms. The number of benzene rings is 1. The summed E-state index contributed by atoms with van der Waals surface area (Å²) in [7, 11) is 0. The molecular formula is C14H16N2O7S. The van der Waals surface area contributed by atoms with Crippen LogP contribution in [0, 0.1) is 0 Å². The van der Waals surface area contributed by atoms with E-state index in [9.17, 15) is 20.1 Å². The van der Waals surface area contributed by atoms with Crippen LogP contribution in [0.2, 0.25) is 0 Å². The van der Waals surface area contributed by atoms with Crippen molar-refractivity contribution in [2.24, 2.45) is 5.73 Å². The number of thiazole rings is 1. The molecule has 3 rings (SSSR count). The van der Waals surface area contributed by atoms with E-state index in [2.05, 4.69) is 4.98 Å². The van der Waals surface area contributed by atoms with Gasteiger partial charge >= 0.3 is 0 Å². The number of hydrogen-bond acceptors (Lipinski definition) is 9. The Morgan fingerprint density at radius 1 is 1.29 bits per heavy atom. The largest absolute Gasteiger partial charge is 0.462 e. The Morgan fingerprint density at radius 3 is 2.71 bits per heavy atom. The summed E-state index contributed by atoms with van der Waals surface area (Å²) >= 11 is 1.09. The van der Waals surface area contributed by atoms with Crippen molar-refractivity contribution < 1.29 is 34.7 Å². The van der Waals surface area contributed by atoms with Crippen molar-refractivity contribution in [3.63, 3.8) is 0 Å². The zero-order valence-corrected chi connectivity index (χ0v) is 13.1. The summed E-state index contributed by atoms with van der Waals surface area (Å²) in [4.78, 5) is 15.2. The van der Waals surface area contributed by atoms with Gasteiger partial charge in [0.2, 0.25) is 6.29 Å². The van der Waals surface area contributed by atoms with E-state index < -0.39 is 43.2 Å². The Morgan fingerprint density at radius 2 is 2.04 bits per heavy atom. The van der Waals surface area contributed by atoms with Crippen LogP contribution < -0.4 is 10.5 Å². The summed E-state index contributed by atoms with van der Waals surface area (Å²) in [5, 5.41) is 38.8. The first-order valence-electron chi connectivity index (χ1n) is 7.08. The van der Waals surface area contributed by atoms with Crippen molar-refractivity contribution in [2.75, 3.05) is 6.61 Å². The molecule has 0 saturated carbocycles. The van der Waals surface area contributed by atoms with Crippen molar-refractivity contribution in [3.8, 4) is 5.75 Å². The second-order valence-electron chi connectivity index (χ2n) is 5.33. The second-order valence-corrected chi connectivity index (χ2v) is 6.36. The monoisotopic (exact) mass is 356 g/mol. The van der Waals surface area contributed by atoms with E-state index in [-0.39, 0.29) is 5.01 Å². The van der Waals surface area contributed by atoms with Gasteiger partial charge in [-0.1, -0.05) is 0 Å². The molecule has 0 bridgehead atoms. The molecule has 6 N–H and O–H groups in total. The number of fused-ring (bicyclic) bond motifs is 1. The molecule has 3 unspecified atom stereocenters. The van der Waals surface area contributed by atoms with E-state index in [0.717, 1.165) is 11.3 Å². The molecule has 1 aromatic carbocycles. The number of aliphatic hydroxyl groups is 4. The highest BCUT2D eigenvalue weighted by atomic mass is 32.1. The molecule has 1 fully saturated rings. The molecule has 130 valence electrons. The van der Waals surface area contributed by atoms with Gasteiger partial charge in [-0.15, -0.1) is 11.3 Å². The lowest BCUT2D eigenvalue weighted by molar-refractivity contribution is -0.277. The highest BCUT2D eigenvalue weighted by Gasteiger charge is 2.44. The summed E-state index contributed by atoms with van der Waals surface area (Å²) in [6.07, 6.45) is -6.80. The van der Waals surface area contributed by atoms with Crippen LogP contribution in [0.1, 0.15) is 9.80 Å². The Hall–Kier alpha value is -1.82. The van der Waals surface area contributed by atoms with Crippen molar-refractivity contribution in [3.05, 3.63) is 23.2 Å². The van der Waals surface area contributed by atoms with Gasteiger partial charge < -0.3 is 35.6 Å². The van der Waals surface area contributed by atoms with Crippen LogP contribution in [0.15, 0.2) is 18.2 Å². The highest BCUT2D eigenvalue weighted by molar-refractivity contribution is 7.20. The first-order valence-corrected chi connectivity index (χ1v) is 7.90. The lowest BCUT2D eigenvalue weighted by Gasteiger charge is -2.39. The molecule has 0 aliphatic carbocycles. The fourth-order valence-corrected chi connectivity index (χ4v) is 3.23. The number of carbonyl (C=O) groups is 1. The fraction of sp³-hybridized carbons (Fsp3) is 0.429. The lowest BCUT2D eigenvalue weighted by Crippen LogP contribution is -2.60. The minimum atomic E-state index is -1.52. The molecule has 0 radical (unpaired) electrons. The third-order valence-electron chi connectivity index (χ3n) is 3.67. The molecule has 10 heteroatoms. The smallest absolute Gasteiger partial charge is 0.277 e. The van der Waals surface area contributed by atoms with Crippen LogP contribution in [0.4, 0.5) is 0 Å². The van der Waals surface area contributed by atoms with Gasteiger partial charge in [-0.25, -0.2) is 4.98 Å². The van der Waals surface area contributed by atoms with Crippen LogP contribution in [0.25, 0.3) is 10.2 Å². The SMILES string of the molecule is NC(=O)c1nc2ccc(O[C@@H]3OC(CO)[C@@H](O)C(O)C3O)cc2s1. The number of aromatic nitrogens is 1. The fourth-order valence-electron chi connectivity index (χ4n) is 2.38. The third kappa shape index (κ3) is 3.07. The van der Waals surface area contributed by atoms with Crippen LogP contribution in [-0.2, 0) is 4.74 Å². The number of ether oxygens (including phenoxy) is 2. The van der Waals surface area contributed by atoms with Crippen LogP contribution >= 0.6 is 11.3 Å². The number of primary amides is 1. The predicted molar refractivity (Wildman–Crippen MR) is 82.5 cm³/mol. The van der Waals surface area contributed by atoms with E-state index in [0.29, 0.717) is 16.0 Å². The molecule has 2 aromatic rings. The molecule has 1 saturated heterocycles. The van der Waals surface area contributed by atoms with Gasteiger partial charge in [-0.3, -0.25) is 4.79 Å². The predicted octanol–water partition coefficient (Wildman–Crippen LogP) is -1.43. The average molecular weight is 356 g/mol. The minimum Gasteiger partial charge on any atom is -0.462 e. The normalized spacial score (nSPS) is 30.4. The molecule has 1 aliphatic rings. The van der Waals surface area contributed by atoms with E-state index in [4.69, 9.17) is 20.3 Å². The molecule has 1 amide bonds. The summed E-state index contributed by atoms with van der Waals surface area (Å²) in [6.45, 7) is -0.541. The average Bonchev–Trinajstić information content (AvgIpc) is 2.99. The number of aliphatic hydroxyl groups excluding tert-OH is 4. The first kappa shape index (κ1) is 17.0. The minimum absolute atomic E-state index is 0.162. The summed E-state index contributed by atoms with van der Waals surface area (Å²) < 4.78 is 11.4. The summed E-state index contributed by atoms with van der Waals surface area (Å²) in [5.74, 6) is -0.334. The highest BCUT2D eigenvalue weighted by Crippen LogP contribution is 2.29. The maximum absolute atomic E-state index is 11.2. The summed E-state index contributed by atoms with van der Waals surface area (Å²) in [6, 6.07) is 4.74. The maximum Gasteiger partial charge on any atom is 0.277 e. The zero-order chi connectivity index (χ0) is 17.4. The van der Waals surface area contributed by atoms with Gasteiger partial charge in [0.05, 0.1) is 16.8 Å². The van der Waals surface area contributed by atoms with Crippen LogP contribution in [-0.4, -0.2) is 68.6 Å². The molecule has 1 aromatic heterocycles. The third-order valence-corrected chi connectivity index (χ3v) is 4.70. The molecule has 5 atom stereocenters. The van der Waals surface area contributed by atoms with E-state index in [1.54, 1.807) is 18.2 Å². The van der Waals surface area contributed by atoms with E-state index in [1.165, 1.54) is 0 Å². The maximum atomic E-state index is 11.2. The quantitative estimate of drug-likeness (QED) is 0.447. The van der Waals surface area contributed by atoms with Crippen LogP contribution in [0.5, 0.6) is 5.75 Å². The number of hydrogen-bond donors (Lipinski definition) is 5. The number of nitrogens with two attached hydrogens (primary N) is 1. The number of rotatable bonds is 4. The van der Waals surface area contributed by atoms with Crippen molar-refractivity contribution in [1.82, 2.24) is 4.98 Å². The van der Waals surface area contributed by atoms with Crippen molar-refractivity contribution in [2.45, 2.75) is 30.7 Å². The first-order chi connectivity index (χ1) is 11.4. The van der Waals surface area contributed by atoms with Crippen molar-refractivity contribution >= 4 is 27.5 Å². The van der Waals surface area contributed by atoms with Gasteiger partial charge in [0.15, 0.2) is 5.01 Å². The van der Waals surface area contributed by atoms with Gasteiger partial charge in [-0.05, 0) is 18.2 Å². The topological polar surface area (TPSA) is 155 Å². The summed E-state index contributed by atoms with van der Waals surface area (Å²) in [5.41, 5.74) is 5.76. The van der Waals surface area contributed by atoms with E-state index >= 15 is 0 Å². The Labute approximate surface area is 139 Å². The molecular weight excluding hydrogens is 340 g/mol. The van der Waals surface area contributed by atoms with Gasteiger partial charge in [0, 0.05) is 0 Å². The molecule has 2 heterocycles. The van der Waals surface area contributed by atoms with Crippen molar-refractivity contribution in [1.29, 1.82) is 0 Å². The Balaban J connectivity index is 1.82. The standard InChI is InChI=1S/C14H16N2O7S/c15-12(21)13-16-6-2-1-5(3-8(6)24-13)22-14-11(20)10(19)9(18)7(4-17)23-14/h1-3,7,9-11,14,17-20H,4H2,(H2,15,21)/t7?,9-,10?,11?,14-/m1/s1. The second kappa shape index (κ2) is 6.59. The van der Waals surface area contributed by atoms with Gasteiger partial charge in [0.25, 0.3) is 5.91 Å². The van der Waals surface area contributed by atoms with Crippen LogP contribution in [0.3, 0.4) is 0 Å². The van der Waals surface area contributed by atoms with Gasteiger partial charge in [-0.2, -0.15) is 0 Å². The molecule has 9 nitrogen and oxygen atoms in total. The Bertz CT molecular complexity index is 750. The van der Waals surface area contributed by atoms with Gasteiger partial charge in [0.1, 0.15) is 30.2 Å². The lowest BCUT2D eigenvalue weighted by atomic mass is 9.99. The Kier molecular flexibility index (Phi) is 4.67. The number of carbonyl (C=O) groups excluding carboxylic acids is 1. The van der Waals surface area contributed by atoms with E-state index in [1.807, 2.05) is 0 Å². The molecule has 1 aliphatic heterocycles. The zero-order valence-electron chi connectivity index (χ0n) is 12.3.